The highest BCUT2D eigenvalue weighted by Gasteiger charge is 2.40. The smallest absolute Gasteiger partial charge is 0.0482 e. The van der Waals surface area contributed by atoms with Gasteiger partial charge in [0.25, 0.3) is 0 Å². The molecule has 1 atom stereocenters. The van der Waals surface area contributed by atoms with Gasteiger partial charge in [0.15, 0.2) is 0 Å². The van der Waals surface area contributed by atoms with E-state index in [2.05, 4.69) is 49.9 Å². The molecule has 1 aliphatic heterocycles. The molecule has 0 aromatic heterocycles. The summed E-state index contributed by atoms with van der Waals surface area (Å²) in [4.78, 5) is 2.65. The first-order valence-corrected chi connectivity index (χ1v) is 8.27. The Morgan fingerprint density at radius 3 is 2.35 bits per heavy atom. The lowest BCUT2D eigenvalue weighted by molar-refractivity contribution is 0.0766. The summed E-state index contributed by atoms with van der Waals surface area (Å²) in [6.45, 7) is 9.22. The van der Waals surface area contributed by atoms with E-state index < -0.39 is 0 Å². The van der Waals surface area contributed by atoms with E-state index in [1.807, 2.05) is 0 Å². The second-order valence-electron chi connectivity index (χ2n) is 6.08. The summed E-state index contributed by atoms with van der Waals surface area (Å²) in [5, 5.41) is 0. The van der Waals surface area contributed by atoms with Gasteiger partial charge in [-0.2, -0.15) is 0 Å². The van der Waals surface area contributed by atoms with E-state index in [-0.39, 0.29) is 11.6 Å². The van der Waals surface area contributed by atoms with Crippen molar-refractivity contribution in [1.82, 2.24) is 4.90 Å². The zero-order valence-corrected chi connectivity index (χ0v) is 13.4. The number of nitrogens with zero attached hydrogens (tertiary/aromatic N) is 1. The molecule has 1 heterocycles. The third-order valence-electron chi connectivity index (χ3n) is 5.26. The molecule has 0 radical (unpaired) electrons. The van der Waals surface area contributed by atoms with Crippen LogP contribution in [-0.2, 0) is 6.42 Å². The highest BCUT2D eigenvalue weighted by atomic mass is 15.2. The number of nitrogens with two attached hydrogens (primary N) is 1. The molecule has 1 saturated heterocycles. The fraction of sp³-hybridized carbons (Fsp3) is 0.667. The van der Waals surface area contributed by atoms with E-state index in [1.165, 1.54) is 37.1 Å². The molecule has 2 rings (SSSR count). The number of benzene rings is 1. The molecular weight excluding hydrogens is 244 g/mol. The predicted molar refractivity (Wildman–Crippen MR) is 86.9 cm³/mol. The maximum absolute atomic E-state index is 6.76. The largest absolute Gasteiger partial charge is 0.322 e. The Morgan fingerprint density at radius 1 is 1.15 bits per heavy atom. The third kappa shape index (κ3) is 2.77. The number of rotatable bonds is 6. The van der Waals surface area contributed by atoms with E-state index in [0.717, 1.165) is 19.3 Å². The van der Waals surface area contributed by atoms with Crippen molar-refractivity contribution in [2.24, 2.45) is 5.73 Å². The first-order valence-electron chi connectivity index (χ1n) is 8.27. The van der Waals surface area contributed by atoms with Crippen molar-refractivity contribution < 1.29 is 0 Å². The Kier molecular flexibility index (Phi) is 5.22. The fourth-order valence-electron chi connectivity index (χ4n) is 3.81. The Balaban J connectivity index is 2.32. The molecule has 0 bridgehead atoms. The Hall–Kier alpha value is -0.860. The number of hydrogen-bond acceptors (Lipinski definition) is 2. The van der Waals surface area contributed by atoms with Gasteiger partial charge in [-0.3, -0.25) is 4.90 Å². The van der Waals surface area contributed by atoms with Gasteiger partial charge in [-0.1, -0.05) is 45.0 Å². The molecule has 1 unspecified atom stereocenters. The van der Waals surface area contributed by atoms with Crippen LogP contribution in [0.4, 0.5) is 0 Å². The van der Waals surface area contributed by atoms with Crippen LogP contribution in [0.1, 0.15) is 63.6 Å². The monoisotopic (exact) mass is 274 g/mol. The van der Waals surface area contributed by atoms with Crippen LogP contribution in [0.3, 0.4) is 0 Å². The van der Waals surface area contributed by atoms with Crippen molar-refractivity contribution >= 4 is 0 Å². The van der Waals surface area contributed by atoms with Crippen LogP contribution in [0.25, 0.3) is 0 Å². The Labute approximate surface area is 124 Å². The Bertz CT molecular complexity index is 417. The number of likely N-dealkylation sites (tertiary alicyclic amines) is 1. The lowest BCUT2D eigenvalue weighted by Crippen LogP contribution is -2.53. The summed E-state index contributed by atoms with van der Waals surface area (Å²) in [5.74, 6) is 0. The van der Waals surface area contributed by atoms with Gasteiger partial charge in [-0.25, -0.2) is 0 Å². The molecule has 0 saturated carbocycles. The van der Waals surface area contributed by atoms with Crippen LogP contribution in [0.5, 0.6) is 0 Å². The molecule has 0 amide bonds. The van der Waals surface area contributed by atoms with E-state index in [9.17, 15) is 0 Å². The maximum Gasteiger partial charge on any atom is 0.0482 e. The second-order valence-corrected chi connectivity index (χ2v) is 6.08. The standard InChI is InChI=1S/C18H30N2/c1-4-15-10-9-11-16(14-15)17(19)18(5-2,6-3)20-12-7-8-13-20/h9-11,14,17H,4-8,12-13,19H2,1-3H3. The highest BCUT2D eigenvalue weighted by Crippen LogP contribution is 2.38. The van der Waals surface area contributed by atoms with E-state index in [4.69, 9.17) is 5.73 Å². The summed E-state index contributed by atoms with van der Waals surface area (Å²) in [6.07, 6.45) is 5.98. The minimum absolute atomic E-state index is 0.113. The molecular formula is C18H30N2. The Morgan fingerprint density at radius 2 is 1.80 bits per heavy atom. The first kappa shape index (κ1) is 15.5. The van der Waals surface area contributed by atoms with Gasteiger partial charge >= 0.3 is 0 Å². The predicted octanol–water partition coefficient (Wildman–Crippen LogP) is 3.90. The molecule has 2 N–H and O–H groups in total. The topological polar surface area (TPSA) is 29.3 Å². The van der Waals surface area contributed by atoms with E-state index in [1.54, 1.807) is 0 Å². The van der Waals surface area contributed by atoms with Crippen LogP contribution < -0.4 is 5.73 Å². The van der Waals surface area contributed by atoms with E-state index >= 15 is 0 Å². The zero-order valence-electron chi connectivity index (χ0n) is 13.4. The minimum Gasteiger partial charge on any atom is -0.322 e. The van der Waals surface area contributed by atoms with Gasteiger partial charge < -0.3 is 5.73 Å². The average molecular weight is 274 g/mol. The molecule has 2 nitrogen and oxygen atoms in total. The van der Waals surface area contributed by atoms with Crippen LogP contribution in [0, 0.1) is 0 Å². The third-order valence-corrected chi connectivity index (χ3v) is 5.26. The quantitative estimate of drug-likeness (QED) is 0.852. The minimum atomic E-state index is 0.113. The van der Waals surface area contributed by atoms with Gasteiger partial charge in [0, 0.05) is 11.6 Å². The summed E-state index contributed by atoms with van der Waals surface area (Å²) < 4.78 is 0. The molecule has 1 aliphatic rings. The molecule has 0 spiro atoms. The van der Waals surface area contributed by atoms with Crippen molar-refractivity contribution in [3.63, 3.8) is 0 Å². The SMILES string of the molecule is CCc1cccc(C(N)C(CC)(CC)N2CCCC2)c1. The zero-order chi connectivity index (χ0) is 14.6. The van der Waals surface area contributed by atoms with Crippen LogP contribution >= 0.6 is 0 Å². The van der Waals surface area contributed by atoms with Gasteiger partial charge in [-0.15, -0.1) is 0 Å². The molecule has 20 heavy (non-hydrogen) atoms. The van der Waals surface area contributed by atoms with Crippen LogP contribution in [0.15, 0.2) is 24.3 Å². The first-order chi connectivity index (χ1) is 9.67. The molecule has 1 aromatic rings. The van der Waals surface area contributed by atoms with Gasteiger partial charge in [0.2, 0.25) is 0 Å². The van der Waals surface area contributed by atoms with Crippen molar-refractivity contribution in [2.45, 2.75) is 64.5 Å². The second kappa shape index (κ2) is 6.73. The van der Waals surface area contributed by atoms with Crippen LogP contribution in [-0.4, -0.2) is 23.5 Å². The van der Waals surface area contributed by atoms with Gasteiger partial charge in [0.05, 0.1) is 0 Å². The number of hydrogen-bond donors (Lipinski definition) is 1. The number of aryl methyl sites for hydroxylation is 1. The fourth-order valence-corrected chi connectivity index (χ4v) is 3.81. The van der Waals surface area contributed by atoms with Crippen molar-refractivity contribution in [3.05, 3.63) is 35.4 Å². The molecule has 2 heteroatoms. The van der Waals surface area contributed by atoms with Gasteiger partial charge in [0.1, 0.15) is 0 Å². The average Bonchev–Trinajstić information content (AvgIpc) is 3.04. The van der Waals surface area contributed by atoms with Crippen molar-refractivity contribution in [2.75, 3.05) is 13.1 Å². The van der Waals surface area contributed by atoms with Gasteiger partial charge in [-0.05, 0) is 56.3 Å². The summed E-state index contributed by atoms with van der Waals surface area (Å²) >= 11 is 0. The maximum atomic E-state index is 6.76. The lowest BCUT2D eigenvalue weighted by Gasteiger charge is -2.45. The summed E-state index contributed by atoms with van der Waals surface area (Å²) in [6, 6.07) is 8.99. The molecule has 112 valence electrons. The van der Waals surface area contributed by atoms with Crippen molar-refractivity contribution in [1.29, 1.82) is 0 Å². The lowest BCUT2D eigenvalue weighted by atomic mass is 9.79. The van der Waals surface area contributed by atoms with Crippen molar-refractivity contribution in [3.8, 4) is 0 Å². The molecule has 1 aromatic carbocycles. The molecule has 1 fully saturated rings. The van der Waals surface area contributed by atoms with Crippen LogP contribution in [0.2, 0.25) is 0 Å². The van der Waals surface area contributed by atoms with E-state index in [0.29, 0.717) is 0 Å². The highest BCUT2D eigenvalue weighted by molar-refractivity contribution is 5.28. The normalized spacial score (nSPS) is 18.4. The molecule has 0 aliphatic carbocycles. The summed E-state index contributed by atoms with van der Waals surface area (Å²) in [7, 11) is 0. The summed E-state index contributed by atoms with van der Waals surface area (Å²) in [5.41, 5.74) is 9.58.